The lowest BCUT2D eigenvalue weighted by Gasteiger charge is -2.49. The first-order valence-electron chi connectivity index (χ1n) is 13.9. The van der Waals surface area contributed by atoms with E-state index in [4.69, 9.17) is 14.2 Å². The lowest BCUT2D eigenvalue weighted by atomic mass is 9.78. The Bertz CT molecular complexity index is 1500. The maximum absolute atomic E-state index is 14.5. The van der Waals surface area contributed by atoms with Crippen LogP contribution in [0.4, 0.5) is 15.3 Å². The summed E-state index contributed by atoms with van der Waals surface area (Å²) in [4.78, 5) is 60.2. The number of anilines is 1. The van der Waals surface area contributed by atoms with Crippen molar-refractivity contribution >= 4 is 35.6 Å². The molecule has 0 saturated heterocycles. The van der Waals surface area contributed by atoms with Crippen molar-refractivity contribution in [1.82, 2.24) is 21.3 Å². The van der Waals surface area contributed by atoms with Gasteiger partial charge >= 0.3 is 18.2 Å². The molecule has 0 fully saturated rings. The van der Waals surface area contributed by atoms with Gasteiger partial charge in [0.15, 0.2) is 5.66 Å². The highest BCUT2D eigenvalue weighted by Gasteiger charge is 2.72. The van der Waals surface area contributed by atoms with Crippen LogP contribution >= 0.6 is 0 Å². The van der Waals surface area contributed by atoms with Crippen LogP contribution in [0.2, 0.25) is 0 Å². The maximum atomic E-state index is 14.5. The molecule has 0 aromatic heterocycles. The lowest BCUT2D eigenvalue weighted by molar-refractivity contribution is -0.139. The van der Waals surface area contributed by atoms with Gasteiger partial charge in [-0.15, -0.1) is 0 Å². The monoisotopic (exact) mass is 606 g/mol. The molecule has 0 aliphatic carbocycles. The number of amidine groups is 1. The van der Waals surface area contributed by atoms with Crippen molar-refractivity contribution in [3.8, 4) is 0 Å². The summed E-state index contributed by atoms with van der Waals surface area (Å²) in [5, 5.41) is 1.18. The maximum Gasteiger partial charge on any atom is 0.426 e. The van der Waals surface area contributed by atoms with Crippen molar-refractivity contribution in [2.75, 3.05) is 12.0 Å². The van der Waals surface area contributed by atoms with Gasteiger partial charge in [-0.3, -0.25) is 15.2 Å². The number of carbonyl (C=O) groups is 4. The fourth-order valence-corrected chi connectivity index (χ4v) is 5.09. The highest BCUT2D eigenvalue weighted by molar-refractivity contribution is 6.27. The quantitative estimate of drug-likeness (QED) is 0.252. The first-order chi connectivity index (χ1) is 20.5. The number of rotatable bonds is 6. The van der Waals surface area contributed by atoms with E-state index in [9.17, 15) is 19.2 Å². The molecule has 2 aromatic rings. The van der Waals surface area contributed by atoms with Gasteiger partial charge in [-0.2, -0.15) is 4.99 Å². The lowest BCUT2D eigenvalue weighted by Crippen LogP contribution is -2.78. The minimum Gasteiger partial charge on any atom is -0.466 e. The number of hydrazine groups is 2. The van der Waals surface area contributed by atoms with Crippen LogP contribution in [0.25, 0.3) is 0 Å². The van der Waals surface area contributed by atoms with E-state index in [1.807, 2.05) is 6.07 Å². The Morgan fingerprint density at radius 2 is 1.39 bits per heavy atom. The largest absolute Gasteiger partial charge is 0.466 e. The second-order valence-corrected chi connectivity index (χ2v) is 12.3. The second kappa shape index (κ2) is 11.6. The molecule has 0 radical (unpaired) electrons. The molecule has 13 heteroatoms. The van der Waals surface area contributed by atoms with Gasteiger partial charge in [0.25, 0.3) is 5.91 Å². The SMILES string of the molecule is COC(=O)C1=CN(NC(=O)OC(C)(C)C)C(C)(NNC(=O)OC(C)(C)C)C12C(=O)N=C(c1ccccc1)N2c1ccccc1. The minimum absolute atomic E-state index is 0.180. The highest BCUT2D eigenvalue weighted by Crippen LogP contribution is 2.50. The number of nitrogens with zero attached hydrogens (tertiary/aromatic N) is 3. The molecule has 2 aliphatic rings. The molecule has 234 valence electrons. The van der Waals surface area contributed by atoms with Gasteiger partial charge in [-0.05, 0) is 60.6 Å². The van der Waals surface area contributed by atoms with Gasteiger partial charge in [-0.25, -0.2) is 25.2 Å². The number of ether oxygens (including phenoxy) is 3. The third kappa shape index (κ3) is 5.95. The Kier molecular flexibility index (Phi) is 8.47. The molecular weight excluding hydrogens is 568 g/mol. The predicted molar refractivity (Wildman–Crippen MR) is 162 cm³/mol. The molecule has 44 heavy (non-hydrogen) atoms. The Morgan fingerprint density at radius 1 is 0.841 bits per heavy atom. The fraction of sp³-hybridized carbons (Fsp3) is 0.387. The molecule has 0 saturated carbocycles. The van der Waals surface area contributed by atoms with E-state index in [1.165, 1.54) is 25.2 Å². The van der Waals surface area contributed by atoms with Crippen LogP contribution in [0.5, 0.6) is 0 Å². The molecule has 3 N–H and O–H groups in total. The summed E-state index contributed by atoms with van der Waals surface area (Å²) < 4.78 is 16.1. The smallest absolute Gasteiger partial charge is 0.426 e. The first kappa shape index (κ1) is 32.0. The van der Waals surface area contributed by atoms with E-state index in [0.29, 0.717) is 11.3 Å². The average molecular weight is 607 g/mol. The standard InChI is InChI=1S/C31H38N6O7/c1-28(2,3)43-26(40)33-35-30(7)31(22(24(38)42-8)19-36(30)34-27(41)44-29(4,5)6)25(39)32-23(20-15-11-9-12-16-20)37(31)21-17-13-10-14-18-21/h9-19,35H,1-8H3,(H,33,40)(H,34,41). The molecule has 1 spiro atoms. The van der Waals surface area contributed by atoms with Gasteiger partial charge in [0.2, 0.25) is 5.54 Å². The van der Waals surface area contributed by atoms with Crippen LogP contribution in [0.3, 0.4) is 0 Å². The molecule has 2 heterocycles. The average Bonchev–Trinajstić information content (AvgIpc) is 3.38. The van der Waals surface area contributed by atoms with E-state index < -0.39 is 46.5 Å². The Hall–Kier alpha value is -4.91. The summed E-state index contributed by atoms with van der Waals surface area (Å²) in [6.45, 7) is 11.7. The molecule has 0 bridgehead atoms. The highest BCUT2D eigenvalue weighted by atomic mass is 16.6. The normalized spacial score (nSPS) is 21.5. The number of methoxy groups -OCH3 is 1. The zero-order valence-corrected chi connectivity index (χ0v) is 26.1. The van der Waals surface area contributed by atoms with Gasteiger partial charge in [0.05, 0.1) is 12.7 Å². The number of hydrogen-bond donors (Lipinski definition) is 3. The predicted octanol–water partition coefficient (Wildman–Crippen LogP) is 3.78. The number of aliphatic imine (C=N–C) groups is 1. The van der Waals surface area contributed by atoms with Crippen LogP contribution in [0, 0.1) is 0 Å². The van der Waals surface area contributed by atoms with E-state index in [1.54, 1.807) is 101 Å². The van der Waals surface area contributed by atoms with Crippen molar-refractivity contribution in [3.05, 3.63) is 78.0 Å². The van der Waals surface area contributed by atoms with Gasteiger partial charge in [-0.1, -0.05) is 48.5 Å². The minimum atomic E-state index is -2.06. The van der Waals surface area contributed by atoms with Gasteiger partial charge in [0.1, 0.15) is 17.0 Å². The van der Waals surface area contributed by atoms with Crippen LogP contribution < -0.4 is 21.2 Å². The summed E-state index contributed by atoms with van der Waals surface area (Å²) in [5.74, 6) is -1.42. The molecule has 2 unspecified atom stereocenters. The Labute approximate surface area is 256 Å². The zero-order chi connectivity index (χ0) is 32.5. The van der Waals surface area contributed by atoms with E-state index in [0.717, 1.165) is 0 Å². The molecule has 13 nitrogen and oxygen atoms in total. The van der Waals surface area contributed by atoms with Crippen molar-refractivity contribution in [2.45, 2.75) is 70.9 Å². The van der Waals surface area contributed by atoms with E-state index in [2.05, 4.69) is 21.3 Å². The molecule has 2 aliphatic heterocycles. The zero-order valence-electron chi connectivity index (χ0n) is 26.1. The van der Waals surface area contributed by atoms with Gasteiger partial charge < -0.3 is 19.1 Å². The summed E-state index contributed by atoms with van der Waals surface area (Å²) in [5.41, 5.74) is 3.20. The third-order valence-electron chi connectivity index (χ3n) is 6.77. The Morgan fingerprint density at radius 3 is 1.93 bits per heavy atom. The fourth-order valence-electron chi connectivity index (χ4n) is 5.09. The molecule has 4 rings (SSSR count). The first-order valence-corrected chi connectivity index (χ1v) is 13.9. The number of para-hydroxylation sites is 1. The van der Waals surface area contributed by atoms with Crippen LogP contribution in [-0.4, -0.2) is 64.4 Å². The number of benzene rings is 2. The topological polar surface area (TPSA) is 151 Å². The van der Waals surface area contributed by atoms with Crippen LogP contribution in [-0.2, 0) is 23.8 Å². The number of nitrogens with one attached hydrogen (secondary N) is 3. The van der Waals surface area contributed by atoms with Gasteiger partial charge in [0, 0.05) is 17.5 Å². The number of hydrogen-bond acceptors (Lipinski definition) is 10. The van der Waals surface area contributed by atoms with E-state index in [-0.39, 0.29) is 11.4 Å². The van der Waals surface area contributed by atoms with Crippen molar-refractivity contribution < 1.29 is 33.4 Å². The van der Waals surface area contributed by atoms with Crippen molar-refractivity contribution in [2.24, 2.45) is 4.99 Å². The molecule has 3 amide bonds. The summed E-state index contributed by atoms with van der Waals surface area (Å²) in [6.07, 6.45) is -0.503. The number of carbonyl (C=O) groups excluding carboxylic acids is 4. The van der Waals surface area contributed by atoms with Crippen molar-refractivity contribution in [3.63, 3.8) is 0 Å². The number of esters is 1. The second-order valence-electron chi connectivity index (χ2n) is 12.3. The summed E-state index contributed by atoms with van der Waals surface area (Å²) >= 11 is 0. The van der Waals surface area contributed by atoms with Crippen LogP contribution in [0.15, 0.2) is 77.4 Å². The molecular formula is C31H38N6O7. The van der Waals surface area contributed by atoms with Crippen LogP contribution in [0.1, 0.15) is 54.0 Å². The number of amides is 3. The third-order valence-corrected chi connectivity index (χ3v) is 6.77. The van der Waals surface area contributed by atoms with E-state index >= 15 is 0 Å². The molecule has 2 atom stereocenters. The van der Waals surface area contributed by atoms with Crippen molar-refractivity contribution in [1.29, 1.82) is 0 Å². The Balaban J connectivity index is 1.96. The summed E-state index contributed by atoms with van der Waals surface area (Å²) in [7, 11) is 1.18. The molecule has 2 aromatic carbocycles. The summed E-state index contributed by atoms with van der Waals surface area (Å²) in [6, 6.07) is 17.8.